The van der Waals surface area contributed by atoms with Crippen LogP contribution in [0.25, 0.3) is 5.82 Å². The molecule has 0 radical (unpaired) electrons. The monoisotopic (exact) mass is 207 g/mol. The molecule has 0 amide bonds. The smallest absolute Gasteiger partial charge is 0.275 e. The van der Waals surface area contributed by atoms with Gasteiger partial charge in [0.2, 0.25) is 0 Å². The van der Waals surface area contributed by atoms with E-state index in [4.69, 9.17) is 0 Å². The van der Waals surface area contributed by atoms with E-state index in [-0.39, 0.29) is 4.74 Å². The predicted octanol–water partition coefficient (Wildman–Crippen LogP) is 1.31. The lowest BCUT2D eigenvalue weighted by atomic mass is 10.5. The van der Waals surface area contributed by atoms with Crippen molar-refractivity contribution in [2.45, 2.75) is 13.8 Å². The molecule has 0 aliphatic rings. The van der Waals surface area contributed by atoms with Crippen LogP contribution >= 0.6 is 11.3 Å². The lowest BCUT2D eigenvalue weighted by Gasteiger charge is -2.02. The van der Waals surface area contributed by atoms with E-state index in [1.54, 1.807) is 22.3 Å². The molecule has 2 heterocycles. The second-order valence-corrected chi connectivity index (χ2v) is 3.79. The highest BCUT2D eigenvalue weighted by Crippen LogP contribution is 2.05. The average Bonchev–Trinajstić information content (AvgIpc) is 2.56. The summed E-state index contributed by atoms with van der Waals surface area (Å²) in [6.45, 7) is 3.71. The number of aryl methyl sites for hydroxylation is 2. The summed E-state index contributed by atoms with van der Waals surface area (Å²) in [5.41, 5.74) is 0.845. The van der Waals surface area contributed by atoms with Crippen LogP contribution in [-0.4, -0.2) is 14.5 Å². The number of nitrogens with zero attached hydrogens (tertiary/aromatic N) is 3. The molecule has 0 fully saturated rings. The maximum absolute atomic E-state index is 11.5. The molecule has 0 N–H and O–H groups in total. The van der Waals surface area contributed by atoms with Crippen LogP contribution in [0.1, 0.15) is 11.5 Å². The molecule has 14 heavy (non-hydrogen) atoms. The largest absolute Gasteiger partial charge is 0.284 e. The van der Waals surface area contributed by atoms with Gasteiger partial charge >= 0.3 is 0 Å². The first-order valence-corrected chi connectivity index (χ1v) is 5.03. The van der Waals surface area contributed by atoms with Gasteiger partial charge < -0.3 is 0 Å². The minimum absolute atomic E-state index is 0.0447. The Kier molecular flexibility index (Phi) is 2.17. The first kappa shape index (κ1) is 9.08. The van der Waals surface area contributed by atoms with Crippen LogP contribution in [0.4, 0.5) is 0 Å². The van der Waals surface area contributed by atoms with Gasteiger partial charge in [0.15, 0.2) is 5.82 Å². The molecule has 5 heteroatoms. The van der Waals surface area contributed by atoms with E-state index in [9.17, 15) is 4.79 Å². The molecule has 2 rings (SSSR count). The van der Waals surface area contributed by atoms with Gasteiger partial charge in [0.1, 0.15) is 5.82 Å². The normalized spacial score (nSPS) is 10.4. The summed E-state index contributed by atoms with van der Waals surface area (Å²) in [4.78, 5) is 19.8. The fraction of sp³-hybridized carbons (Fsp3) is 0.222. The highest BCUT2D eigenvalue weighted by Gasteiger charge is 2.06. The third-order valence-electron chi connectivity index (χ3n) is 1.86. The van der Waals surface area contributed by atoms with Gasteiger partial charge in [-0.2, -0.15) is 0 Å². The molecule has 72 valence electrons. The van der Waals surface area contributed by atoms with Gasteiger partial charge in [-0.15, -0.1) is 0 Å². The molecule has 4 nitrogen and oxygen atoms in total. The fourth-order valence-corrected chi connectivity index (χ4v) is 1.76. The topological polar surface area (TPSA) is 47.8 Å². The maximum atomic E-state index is 11.5. The molecule has 2 aromatic heterocycles. The van der Waals surface area contributed by atoms with Gasteiger partial charge in [0.05, 0.1) is 0 Å². The average molecular weight is 207 g/mol. The van der Waals surface area contributed by atoms with Gasteiger partial charge in [0, 0.05) is 23.5 Å². The van der Waals surface area contributed by atoms with Gasteiger partial charge in [-0.3, -0.25) is 9.36 Å². The van der Waals surface area contributed by atoms with E-state index in [1.807, 2.05) is 13.8 Å². The van der Waals surface area contributed by atoms with Crippen LogP contribution in [0.3, 0.4) is 0 Å². The Labute approximate surface area is 84.9 Å². The Morgan fingerprint density at radius 2 is 2.21 bits per heavy atom. The van der Waals surface area contributed by atoms with Crippen molar-refractivity contribution in [1.29, 1.82) is 0 Å². The van der Waals surface area contributed by atoms with E-state index in [2.05, 4.69) is 9.97 Å². The van der Waals surface area contributed by atoms with E-state index in [0.717, 1.165) is 22.9 Å². The van der Waals surface area contributed by atoms with Crippen molar-refractivity contribution in [2.24, 2.45) is 0 Å². The van der Waals surface area contributed by atoms with Crippen molar-refractivity contribution in [1.82, 2.24) is 14.5 Å². The summed E-state index contributed by atoms with van der Waals surface area (Å²) in [5, 5.41) is 1.75. The van der Waals surface area contributed by atoms with Gasteiger partial charge in [0.25, 0.3) is 4.74 Å². The predicted molar refractivity (Wildman–Crippen MR) is 55.0 cm³/mol. The quantitative estimate of drug-likeness (QED) is 0.708. The zero-order chi connectivity index (χ0) is 10.1. The zero-order valence-corrected chi connectivity index (χ0v) is 8.71. The van der Waals surface area contributed by atoms with E-state index in [0.29, 0.717) is 5.82 Å². The Morgan fingerprint density at radius 1 is 1.43 bits per heavy atom. The number of imidazole rings is 1. The second kappa shape index (κ2) is 3.34. The fourth-order valence-electron chi connectivity index (χ4n) is 1.18. The van der Waals surface area contributed by atoms with Crippen LogP contribution < -0.4 is 4.74 Å². The molecule has 0 bridgehead atoms. The standard InChI is InChI=1S/C9H9N3OS/c1-6-5-14-9(13)8(11-6)12-4-3-10-7(12)2/h3-5H,1-2H3. The Bertz CT molecular complexity index is 515. The van der Waals surface area contributed by atoms with Crippen molar-refractivity contribution in [3.63, 3.8) is 0 Å². The van der Waals surface area contributed by atoms with Gasteiger partial charge in [-0.1, -0.05) is 11.3 Å². The third-order valence-corrected chi connectivity index (χ3v) is 2.71. The number of hydrogen-bond donors (Lipinski definition) is 0. The Hall–Kier alpha value is -1.49. The lowest BCUT2D eigenvalue weighted by molar-refractivity contribution is 0.921. The first-order valence-electron chi connectivity index (χ1n) is 4.15. The van der Waals surface area contributed by atoms with Crippen molar-refractivity contribution >= 4 is 11.3 Å². The molecule has 2 aromatic rings. The Morgan fingerprint density at radius 3 is 2.86 bits per heavy atom. The van der Waals surface area contributed by atoms with E-state index in [1.165, 1.54) is 0 Å². The zero-order valence-electron chi connectivity index (χ0n) is 7.89. The van der Waals surface area contributed by atoms with Crippen LogP contribution in [-0.2, 0) is 0 Å². The highest BCUT2D eigenvalue weighted by molar-refractivity contribution is 7.07. The summed E-state index contributed by atoms with van der Waals surface area (Å²) < 4.78 is 1.66. The van der Waals surface area contributed by atoms with Crippen LogP contribution in [0.2, 0.25) is 0 Å². The summed E-state index contributed by atoms with van der Waals surface area (Å²) in [6, 6.07) is 0. The molecule has 0 saturated carbocycles. The first-order chi connectivity index (χ1) is 6.68. The van der Waals surface area contributed by atoms with Crippen LogP contribution in [0.15, 0.2) is 22.6 Å². The second-order valence-electron chi connectivity index (χ2n) is 2.94. The number of rotatable bonds is 1. The molecule has 0 unspecified atom stereocenters. The van der Waals surface area contributed by atoms with Crippen molar-refractivity contribution in [3.8, 4) is 5.82 Å². The molecule has 0 aromatic carbocycles. The van der Waals surface area contributed by atoms with Crippen molar-refractivity contribution in [2.75, 3.05) is 0 Å². The SMILES string of the molecule is Cc1csc(=O)c(-n2ccnc2C)n1. The van der Waals surface area contributed by atoms with Gasteiger partial charge in [-0.25, -0.2) is 9.97 Å². The van der Waals surface area contributed by atoms with Crippen LogP contribution in [0.5, 0.6) is 0 Å². The molecule has 0 saturated heterocycles. The minimum Gasteiger partial charge on any atom is -0.284 e. The van der Waals surface area contributed by atoms with Gasteiger partial charge in [-0.05, 0) is 13.8 Å². The maximum Gasteiger partial charge on any atom is 0.275 e. The van der Waals surface area contributed by atoms with Crippen molar-refractivity contribution < 1.29 is 0 Å². The summed E-state index contributed by atoms with van der Waals surface area (Å²) >= 11 is 1.16. The summed E-state index contributed by atoms with van der Waals surface area (Å²) in [6.07, 6.45) is 3.40. The summed E-state index contributed by atoms with van der Waals surface area (Å²) in [7, 11) is 0. The molecular formula is C9H9N3OS. The molecule has 0 atom stereocenters. The van der Waals surface area contributed by atoms with E-state index < -0.39 is 0 Å². The highest BCUT2D eigenvalue weighted by atomic mass is 32.1. The molecule has 0 aliphatic heterocycles. The third kappa shape index (κ3) is 1.46. The Balaban J connectivity index is 2.68. The van der Waals surface area contributed by atoms with Crippen LogP contribution in [0, 0.1) is 13.8 Å². The number of aromatic nitrogens is 3. The molecular weight excluding hydrogens is 198 g/mol. The summed E-state index contributed by atoms with van der Waals surface area (Å²) in [5.74, 6) is 1.21. The number of hydrogen-bond acceptors (Lipinski definition) is 4. The molecule has 0 spiro atoms. The lowest BCUT2D eigenvalue weighted by Crippen LogP contribution is -2.11. The van der Waals surface area contributed by atoms with Crippen molar-refractivity contribution in [3.05, 3.63) is 38.8 Å². The minimum atomic E-state index is -0.0447. The molecule has 0 aliphatic carbocycles. The van der Waals surface area contributed by atoms with E-state index >= 15 is 0 Å².